The zero-order valence-corrected chi connectivity index (χ0v) is 10.5. The SMILES string of the molecule is Cc1cc(C)c(C(O)C2CCCNC2)c(F)c1. The van der Waals surface area contributed by atoms with Gasteiger partial charge in [-0.25, -0.2) is 4.39 Å². The van der Waals surface area contributed by atoms with E-state index >= 15 is 0 Å². The third-order valence-corrected chi connectivity index (χ3v) is 3.56. The van der Waals surface area contributed by atoms with Crippen molar-refractivity contribution >= 4 is 0 Å². The quantitative estimate of drug-likeness (QED) is 0.828. The Morgan fingerprint density at radius 3 is 2.76 bits per heavy atom. The fourth-order valence-corrected chi connectivity index (χ4v) is 2.69. The highest BCUT2D eigenvalue weighted by Crippen LogP contribution is 2.31. The Morgan fingerprint density at radius 1 is 1.41 bits per heavy atom. The number of hydrogen-bond acceptors (Lipinski definition) is 2. The van der Waals surface area contributed by atoms with Crippen LogP contribution in [0.5, 0.6) is 0 Å². The van der Waals surface area contributed by atoms with Gasteiger partial charge in [-0.3, -0.25) is 0 Å². The van der Waals surface area contributed by atoms with Gasteiger partial charge >= 0.3 is 0 Å². The van der Waals surface area contributed by atoms with Crippen molar-refractivity contribution in [2.75, 3.05) is 13.1 Å². The lowest BCUT2D eigenvalue weighted by Gasteiger charge is -2.28. The van der Waals surface area contributed by atoms with Gasteiger partial charge < -0.3 is 10.4 Å². The molecular weight excluding hydrogens is 217 g/mol. The van der Waals surface area contributed by atoms with Crippen molar-refractivity contribution in [3.8, 4) is 0 Å². The highest BCUT2D eigenvalue weighted by atomic mass is 19.1. The van der Waals surface area contributed by atoms with Crippen LogP contribution in [0.1, 0.15) is 35.6 Å². The second-order valence-corrected chi connectivity index (χ2v) is 5.03. The summed E-state index contributed by atoms with van der Waals surface area (Å²) in [7, 11) is 0. The summed E-state index contributed by atoms with van der Waals surface area (Å²) >= 11 is 0. The maximum Gasteiger partial charge on any atom is 0.129 e. The van der Waals surface area contributed by atoms with Crippen molar-refractivity contribution in [2.45, 2.75) is 32.8 Å². The van der Waals surface area contributed by atoms with E-state index < -0.39 is 6.10 Å². The van der Waals surface area contributed by atoms with Gasteiger partial charge in [-0.05, 0) is 50.4 Å². The third-order valence-electron chi connectivity index (χ3n) is 3.56. The number of aliphatic hydroxyl groups excluding tert-OH is 1. The second-order valence-electron chi connectivity index (χ2n) is 5.03. The van der Waals surface area contributed by atoms with Gasteiger partial charge in [0, 0.05) is 18.0 Å². The summed E-state index contributed by atoms with van der Waals surface area (Å²) in [6.45, 7) is 5.51. The minimum Gasteiger partial charge on any atom is -0.388 e. The van der Waals surface area contributed by atoms with Gasteiger partial charge in [-0.1, -0.05) is 6.07 Å². The molecule has 1 aliphatic rings. The Kier molecular flexibility index (Phi) is 3.79. The van der Waals surface area contributed by atoms with E-state index in [0.717, 1.165) is 37.1 Å². The van der Waals surface area contributed by atoms with Gasteiger partial charge in [-0.15, -0.1) is 0 Å². The van der Waals surface area contributed by atoms with Gasteiger partial charge in [-0.2, -0.15) is 0 Å². The Balaban J connectivity index is 2.26. The first-order chi connectivity index (χ1) is 8.09. The van der Waals surface area contributed by atoms with Crippen molar-refractivity contribution in [3.05, 3.63) is 34.6 Å². The van der Waals surface area contributed by atoms with E-state index in [9.17, 15) is 9.50 Å². The zero-order valence-electron chi connectivity index (χ0n) is 10.5. The molecule has 2 nitrogen and oxygen atoms in total. The smallest absolute Gasteiger partial charge is 0.129 e. The van der Waals surface area contributed by atoms with E-state index in [2.05, 4.69) is 5.32 Å². The van der Waals surface area contributed by atoms with E-state index in [1.165, 1.54) is 6.07 Å². The lowest BCUT2D eigenvalue weighted by molar-refractivity contribution is 0.0882. The van der Waals surface area contributed by atoms with E-state index in [-0.39, 0.29) is 11.7 Å². The Bertz CT molecular complexity index is 376. The average molecular weight is 237 g/mol. The predicted molar refractivity (Wildman–Crippen MR) is 66.4 cm³/mol. The van der Waals surface area contributed by atoms with Crippen LogP contribution < -0.4 is 5.32 Å². The molecule has 1 saturated heterocycles. The fourth-order valence-electron chi connectivity index (χ4n) is 2.69. The molecule has 1 heterocycles. The highest BCUT2D eigenvalue weighted by molar-refractivity contribution is 5.34. The molecule has 1 aromatic rings. The Morgan fingerprint density at radius 2 is 2.18 bits per heavy atom. The van der Waals surface area contributed by atoms with E-state index in [0.29, 0.717) is 5.56 Å². The molecule has 94 valence electrons. The molecule has 17 heavy (non-hydrogen) atoms. The fraction of sp³-hybridized carbons (Fsp3) is 0.571. The number of hydrogen-bond donors (Lipinski definition) is 2. The first-order valence-corrected chi connectivity index (χ1v) is 6.25. The Hall–Kier alpha value is -0.930. The summed E-state index contributed by atoms with van der Waals surface area (Å²) in [6.07, 6.45) is 1.32. The van der Waals surface area contributed by atoms with Crippen molar-refractivity contribution in [3.63, 3.8) is 0 Å². The largest absolute Gasteiger partial charge is 0.388 e. The predicted octanol–water partition coefficient (Wildman–Crippen LogP) is 2.48. The first-order valence-electron chi connectivity index (χ1n) is 6.25. The zero-order chi connectivity index (χ0) is 12.4. The van der Waals surface area contributed by atoms with Crippen molar-refractivity contribution in [1.82, 2.24) is 5.32 Å². The summed E-state index contributed by atoms with van der Waals surface area (Å²) in [6, 6.07) is 3.43. The maximum absolute atomic E-state index is 13.9. The van der Waals surface area contributed by atoms with Crippen molar-refractivity contribution in [2.24, 2.45) is 5.92 Å². The molecule has 0 bridgehead atoms. The molecule has 0 amide bonds. The van der Waals surface area contributed by atoms with Gasteiger partial charge in [0.15, 0.2) is 0 Å². The molecule has 1 aromatic carbocycles. The molecule has 1 aliphatic heterocycles. The lowest BCUT2D eigenvalue weighted by atomic mass is 9.87. The van der Waals surface area contributed by atoms with Crippen LogP contribution >= 0.6 is 0 Å². The van der Waals surface area contributed by atoms with Gasteiger partial charge in [0.25, 0.3) is 0 Å². The standard InChI is InChI=1S/C14H20FNO/c1-9-6-10(2)13(12(15)7-9)14(17)11-4-3-5-16-8-11/h6-7,11,14,16-17H,3-5,8H2,1-2H3. The van der Waals surface area contributed by atoms with Crippen molar-refractivity contribution in [1.29, 1.82) is 0 Å². The average Bonchev–Trinajstić information content (AvgIpc) is 2.28. The number of piperidine rings is 1. The number of aryl methyl sites for hydroxylation is 2. The summed E-state index contributed by atoms with van der Waals surface area (Å²) < 4.78 is 13.9. The van der Waals surface area contributed by atoms with Gasteiger partial charge in [0.05, 0.1) is 6.10 Å². The minimum absolute atomic E-state index is 0.125. The monoisotopic (exact) mass is 237 g/mol. The van der Waals surface area contributed by atoms with Crippen LogP contribution in [0.15, 0.2) is 12.1 Å². The molecular formula is C14H20FNO. The molecule has 2 unspecified atom stereocenters. The summed E-state index contributed by atoms with van der Waals surface area (Å²) in [5.41, 5.74) is 2.22. The number of benzene rings is 1. The van der Waals surface area contributed by atoms with Crippen LogP contribution in [0, 0.1) is 25.6 Å². The van der Waals surface area contributed by atoms with Crippen LogP contribution in [-0.2, 0) is 0 Å². The van der Waals surface area contributed by atoms with Crippen LogP contribution in [0.25, 0.3) is 0 Å². The molecule has 0 aromatic heterocycles. The normalized spacial score (nSPS) is 22.5. The lowest BCUT2D eigenvalue weighted by Crippen LogP contribution is -2.33. The molecule has 3 heteroatoms. The molecule has 2 rings (SSSR count). The molecule has 1 fully saturated rings. The van der Waals surface area contributed by atoms with E-state index in [1.54, 1.807) is 0 Å². The maximum atomic E-state index is 13.9. The molecule has 0 saturated carbocycles. The number of nitrogens with one attached hydrogen (secondary N) is 1. The van der Waals surface area contributed by atoms with E-state index in [4.69, 9.17) is 0 Å². The van der Waals surface area contributed by atoms with E-state index in [1.807, 2.05) is 19.9 Å². The molecule has 0 radical (unpaired) electrons. The number of aliphatic hydroxyl groups is 1. The van der Waals surface area contributed by atoms with Crippen LogP contribution in [0.2, 0.25) is 0 Å². The molecule has 2 N–H and O–H groups in total. The Labute approximate surface area is 102 Å². The number of halogens is 1. The summed E-state index contributed by atoms with van der Waals surface area (Å²) in [5.74, 6) is -0.153. The minimum atomic E-state index is -0.691. The van der Waals surface area contributed by atoms with Crippen LogP contribution in [0.3, 0.4) is 0 Å². The van der Waals surface area contributed by atoms with Crippen molar-refractivity contribution < 1.29 is 9.50 Å². The second kappa shape index (κ2) is 5.15. The van der Waals surface area contributed by atoms with Crippen LogP contribution in [0.4, 0.5) is 4.39 Å². The number of rotatable bonds is 2. The topological polar surface area (TPSA) is 32.3 Å². The van der Waals surface area contributed by atoms with Gasteiger partial charge in [0.1, 0.15) is 5.82 Å². The summed E-state index contributed by atoms with van der Waals surface area (Å²) in [4.78, 5) is 0. The first kappa shape index (κ1) is 12.5. The molecule has 2 atom stereocenters. The van der Waals surface area contributed by atoms with Gasteiger partial charge in [0.2, 0.25) is 0 Å². The summed E-state index contributed by atoms with van der Waals surface area (Å²) in [5, 5.41) is 13.6. The third kappa shape index (κ3) is 2.67. The molecule has 0 aliphatic carbocycles. The molecule has 0 spiro atoms. The van der Waals surface area contributed by atoms with Crippen LogP contribution in [-0.4, -0.2) is 18.2 Å². The highest BCUT2D eigenvalue weighted by Gasteiger charge is 2.26.